The average Bonchev–Trinajstić information content (AvgIpc) is 3.10. The third kappa shape index (κ3) is 3.12. The lowest BCUT2D eigenvalue weighted by Crippen LogP contribution is -2.32. The summed E-state index contributed by atoms with van der Waals surface area (Å²) in [5.74, 6) is 0. The molecule has 29 heavy (non-hydrogen) atoms. The molecule has 1 aliphatic rings. The van der Waals surface area contributed by atoms with Gasteiger partial charge in [0.05, 0.1) is 16.1 Å². The van der Waals surface area contributed by atoms with Gasteiger partial charge >= 0.3 is 0 Å². The minimum atomic E-state index is 0.974. The number of benzene rings is 3. The SMILES string of the molecule is CC[n+]1ccc(C=CC=C2Sc3ccc4ccccc4c3N2C)c2ccccc21. The van der Waals surface area contributed by atoms with E-state index in [4.69, 9.17) is 0 Å². The molecule has 3 heteroatoms. The van der Waals surface area contributed by atoms with Gasteiger partial charge in [-0.25, -0.2) is 0 Å². The largest absolute Gasteiger partial charge is 0.338 e. The molecule has 0 saturated carbocycles. The van der Waals surface area contributed by atoms with Crippen LogP contribution in [0.2, 0.25) is 0 Å². The number of pyridine rings is 1. The second kappa shape index (κ2) is 7.41. The summed E-state index contributed by atoms with van der Waals surface area (Å²) in [6, 6.07) is 23.9. The van der Waals surface area contributed by atoms with Crippen LogP contribution in [0.25, 0.3) is 27.8 Å². The third-order valence-electron chi connectivity index (χ3n) is 5.56. The Balaban J connectivity index is 1.49. The first-order chi connectivity index (χ1) is 14.3. The molecule has 142 valence electrons. The Morgan fingerprint density at radius 2 is 1.72 bits per heavy atom. The highest BCUT2D eigenvalue weighted by Crippen LogP contribution is 2.48. The van der Waals surface area contributed by atoms with Gasteiger partial charge in [0.15, 0.2) is 6.20 Å². The molecule has 4 aromatic rings. The van der Waals surface area contributed by atoms with Gasteiger partial charge in [0.1, 0.15) is 6.54 Å². The molecule has 0 bridgehead atoms. The van der Waals surface area contributed by atoms with Gasteiger partial charge < -0.3 is 4.90 Å². The van der Waals surface area contributed by atoms with E-state index in [1.807, 2.05) is 11.8 Å². The minimum absolute atomic E-state index is 0.974. The highest BCUT2D eigenvalue weighted by molar-refractivity contribution is 8.03. The third-order valence-corrected chi connectivity index (χ3v) is 6.73. The van der Waals surface area contributed by atoms with Crippen molar-refractivity contribution in [3.63, 3.8) is 0 Å². The van der Waals surface area contributed by atoms with E-state index >= 15 is 0 Å². The molecule has 0 unspecified atom stereocenters. The van der Waals surface area contributed by atoms with Crippen LogP contribution in [0.5, 0.6) is 0 Å². The number of fused-ring (bicyclic) bond motifs is 4. The number of rotatable bonds is 3. The van der Waals surface area contributed by atoms with E-state index in [9.17, 15) is 0 Å². The van der Waals surface area contributed by atoms with Crippen LogP contribution in [-0.2, 0) is 6.54 Å². The Labute approximate surface area is 175 Å². The van der Waals surface area contributed by atoms with Gasteiger partial charge in [0.25, 0.3) is 0 Å². The molecule has 0 amide bonds. The molecule has 0 radical (unpaired) electrons. The summed E-state index contributed by atoms with van der Waals surface area (Å²) in [7, 11) is 2.16. The number of aryl methyl sites for hydroxylation is 1. The van der Waals surface area contributed by atoms with Crippen molar-refractivity contribution in [2.24, 2.45) is 0 Å². The van der Waals surface area contributed by atoms with Crippen LogP contribution in [-0.4, -0.2) is 7.05 Å². The number of aromatic nitrogens is 1. The maximum absolute atomic E-state index is 2.31. The number of hydrogen-bond acceptors (Lipinski definition) is 2. The highest BCUT2D eigenvalue weighted by Gasteiger charge is 2.23. The van der Waals surface area contributed by atoms with Gasteiger partial charge in [-0.2, -0.15) is 4.57 Å². The minimum Gasteiger partial charge on any atom is -0.338 e. The fourth-order valence-corrected chi connectivity index (χ4v) is 5.14. The van der Waals surface area contributed by atoms with Crippen molar-refractivity contribution in [1.29, 1.82) is 0 Å². The molecular formula is C26H23N2S+. The molecule has 2 heterocycles. The summed E-state index contributed by atoms with van der Waals surface area (Å²) in [6.45, 7) is 3.16. The van der Waals surface area contributed by atoms with E-state index in [0.717, 1.165) is 6.54 Å². The topological polar surface area (TPSA) is 7.12 Å². The predicted molar refractivity (Wildman–Crippen MR) is 125 cm³/mol. The van der Waals surface area contributed by atoms with Crippen LogP contribution < -0.4 is 9.47 Å². The van der Waals surface area contributed by atoms with Crippen molar-refractivity contribution >= 4 is 45.2 Å². The van der Waals surface area contributed by atoms with Crippen molar-refractivity contribution in [3.8, 4) is 0 Å². The van der Waals surface area contributed by atoms with Gasteiger partial charge in [-0.1, -0.05) is 66.4 Å². The normalized spacial score (nSPS) is 15.1. The highest BCUT2D eigenvalue weighted by atomic mass is 32.2. The van der Waals surface area contributed by atoms with E-state index in [1.165, 1.54) is 42.9 Å². The van der Waals surface area contributed by atoms with Crippen LogP contribution in [0, 0.1) is 0 Å². The quantitative estimate of drug-likeness (QED) is 0.371. The Morgan fingerprint density at radius 1 is 0.931 bits per heavy atom. The number of anilines is 1. The predicted octanol–water partition coefficient (Wildman–Crippen LogP) is 6.40. The van der Waals surface area contributed by atoms with E-state index < -0.39 is 0 Å². The zero-order valence-electron chi connectivity index (χ0n) is 16.7. The molecule has 1 aliphatic heterocycles. The molecule has 3 aromatic carbocycles. The number of hydrogen-bond donors (Lipinski definition) is 0. The smallest absolute Gasteiger partial charge is 0.213 e. The molecule has 0 atom stereocenters. The standard InChI is InChI=1S/C26H23N2S/c1-3-28-18-17-20(21-11-6-7-13-23(21)28)10-8-14-25-27(2)26-22-12-5-4-9-19(22)15-16-24(26)29-25/h4-18H,3H2,1-2H3/q+1. The van der Waals surface area contributed by atoms with Crippen molar-refractivity contribution < 1.29 is 4.57 Å². The molecule has 0 N–H and O–H groups in total. The first-order valence-corrected chi connectivity index (χ1v) is 10.8. The van der Waals surface area contributed by atoms with Gasteiger partial charge in [-0.15, -0.1) is 0 Å². The van der Waals surface area contributed by atoms with Crippen molar-refractivity contribution in [1.82, 2.24) is 0 Å². The Hall–Kier alpha value is -3.04. The van der Waals surface area contributed by atoms with Crippen LogP contribution in [0.15, 0.2) is 95.0 Å². The molecule has 0 aliphatic carbocycles. The van der Waals surface area contributed by atoms with E-state index in [1.54, 1.807) is 0 Å². The number of para-hydroxylation sites is 1. The summed E-state index contributed by atoms with van der Waals surface area (Å²) in [6.07, 6.45) is 8.78. The van der Waals surface area contributed by atoms with Gasteiger partial charge in [0.2, 0.25) is 5.52 Å². The zero-order valence-corrected chi connectivity index (χ0v) is 17.5. The summed E-state index contributed by atoms with van der Waals surface area (Å²) < 4.78 is 2.29. The molecule has 2 nitrogen and oxygen atoms in total. The molecular weight excluding hydrogens is 372 g/mol. The number of thioether (sulfide) groups is 1. The number of nitrogens with zero attached hydrogens (tertiary/aromatic N) is 2. The molecule has 0 spiro atoms. The molecule has 0 fully saturated rings. The molecule has 0 saturated heterocycles. The monoisotopic (exact) mass is 395 g/mol. The van der Waals surface area contributed by atoms with Crippen LogP contribution in [0.3, 0.4) is 0 Å². The van der Waals surface area contributed by atoms with E-state index in [0.29, 0.717) is 0 Å². The lowest BCUT2D eigenvalue weighted by Gasteiger charge is -2.15. The van der Waals surface area contributed by atoms with Crippen LogP contribution in [0.1, 0.15) is 12.5 Å². The summed E-state index contributed by atoms with van der Waals surface area (Å²) in [5.41, 5.74) is 3.83. The van der Waals surface area contributed by atoms with Crippen molar-refractivity contribution in [3.05, 3.63) is 95.7 Å². The first-order valence-electron chi connectivity index (χ1n) is 9.99. The van der Waals surface area contributed by atoms with Gasteiger partial charge in [0, 0.05) is 29.5 Å². The second-order valence-electron chi connectivity index (χ2n) is 7.23. The Kier molecular flexibility index (Phi) is 4.61. The summed E-state index contributed by atoms with van der Waals surface area (Å²) in [5, 5.41) is 5.13. The maximum atomic E-state index is 2.31. The van der Waals surface area contributed by atoms with E-state index in [2.05, 4.69) is 115 Å². The Morgan fingerprint density at radius 3 is 2.59 bits per heavy atom. The number of allylic oxidation sites excluding steroid dienone is 2. The summed E-state index contributed by atoms with van der Waals surface area (Å²) >= 11 is 1.84. The second-order valence-corrected chi connectivity index (χ2v) is 8.30. The van der Waals surface area contributed by atoms with Gasteiger partial charge in [-0.3, -0.25) is 0 Å². The molecule has 5 rings (SSSR count). The van der Waals surface area contributed by atoms with Crippen molar-refractivity contribution in [2.45, 2.75) is 18.4 Å². The molecule has 1 aromatic heterocycles. The summed E-state index contributed by atoms with van der Waals surface area (Å²) in [4.78, 5) is 3.63. The van der Waals surface area contributed by atoms with E-state index in [-0.39, 0.29) is 0 Å². The fourth-order valence-electron chi connectivity index (χ4n) is 4.06. The van der Waals surface area contributed by atoms with Crippen LogP contribution >= 0.6 is 11.8 Å². The first kappa shape index (κ1) is 18.0. The van der Waals surface area contributed by atoms with Gasteiger partial charge in [-0.05, 0) is 36.1 Å². The Bertz CT molecular complexity index is 1290. The van der Waals surface area contributed by atoms with Crippen LogP contribution in [0.4, 0.5) is 5.69 Å². The fraction of sp³-hybridized carbons (Fsp3) is 0.115. The zero-order chi connectivity index (χ0) is 19.8. The lowest BCUT2D eigenvalue weighted by molar-refractivity contribution is -0.667. The average molecular weight is 396 g/mol. The maximum Gasteiger partial charge on any atom is 0.213 e. The lowest BCUT2D eigenvalue weighted by atomic mass is 10.1. The van der Waals surface area contributed by atoms with Crippen molar-refractivity contribution in [2.75, 3.05) is 11.9 Å².